The molecule has 1 saturated heterocycles. The molecule has 1 aliphatic heterocycles. The Balaban J connectivity index is 1.42. The monoisotopic (exact) mass is 448 g/mol. The third-order valence-corrected chi connectivity index (χ3v) is 7.89. The van der Waals surface area contributed by atoms with Crippen molar-refractivity contribution >= 4 is 27.5 Å². The van der Waals surface area contributed by atoms with Gasteiger partial charge in [-0.25, -0.2) is 12.7 Å². The van der Waals surface area contributed by atoms with Crippen LogP contribution in [0.15, 0.2) is 48.5 Å². The molecule has 3 rings (SSSR count). The Morgan fingerprint density at radius 2 is 1.70 bits per heavy atom. The fourth-order valence-corrected chi connectivity index (χ4v) is 5.69. The SMILES string of the molecule is Cc1ccccc1CS(=O)(=O)N1CCC(C(=O)NCCCc2ccccc2Cl)CC1. The summed E-state index contributed by atoms with van der Waals surface area (Å²) in [6.45, 7) is 3.31. The van der Waals surface area contributed by atoms with E-state index in [1.807, 2.05) is 55.5 Å². The first-order chi connectivity index (χ1) is 14.4. The molecule has 7 heteroatoms. The minimum absolute atomic E-state index is 0.0125. The molecule has 0 atom stereocenters. The fourth-order valence-electron chi connectivity index (χ4n) is 3.79. The Morgan fingerprint density at radius 1 is 1.07 bits per heavy atom. The molecule has 0 aliphatic carbocycles. The summed E-state index contributed by atoms with van der Waals surface area (Å²) in [6.07, 6.45) is 2.75. The van der Waals surface area contributed by atoms with Crippen molar-refractivity contribution in [2.24, 2.45) is 5.92 Å². The summed E-state index contributed by atoms with van der Waals surface area (Å²) in [4.78, 5) is 12.5. The summed E-state index contributed by atoms with van der Waals surface area (Å²) in [5.74, 6) is -0.0983. The molecule has 1 heterocycles. The molecule has 1 fully saturated rings. The maximum atomic E-state index is 12.8. The van der Waals surface area contributed by atoms with E-state index in [1.165, 1.54) is 4.31 Å². The lowest BCUT2D eigenvalue weighted by Gasteiger charge is -2.30. The average molecular weight is 449 g/mol. The highest BCUT2D eigenvalue weighted by molar-refractivity contribution is 7.88. The predicted octanol–water partition coefficient (Wildman–Crippen LogP) is 3.94. The molecular weight excluding hydrogens is 420 g/mol. The van der Waals surface area contributed by atoms with Gasteiger partial charge in [0, 0.05) is 30.6 Å². The second kappa shape index (κ2) is 10.4. The zero-order chi connectivity index (χ0) is 21.6. The van der Waals surface area contributed by atoms with Gasteiger partial charge < -0.3 is 5.32 Å². The van der Waals surface area contributed by atoms with Gasteiger partial charge in [-0.05, 0) is 55.4 Å². The number of carbonyl (C=O) groups is 1. The molecule has 2 aromatic carbocycles. The molecule has 1 aliphatic rings. The summed E-state index contributed by atoms with van der Waals surface area (Å²) in [6, 6.07) is 15.3. The molecule has 2 aromatic rings. The van der Waals surface area contributed by atoms with Crippen molar-refractivity contribution in [2.75, 3.05) is 19.6 Å². The number of piperidine rings is 1. The predicted molar refractivity (Wildman–Crippen MR) is 121 cm³/mol. The second-order valence-corrected chi connectivity index (χ2v) is 10.2. The summed E-state index contributed by atoms with van der Waals surface area (Å²) in [5.41, 5.74) is 2.89. The van der Waals surface area contributed by atoms with Crippen LogP contribution >= 0.6 is 11.6 Å². The minimum atomic E-state index is -3.37. The van der Waals surface area contributed by atoms with Crippen LogP contribution in [-0.2, 0) is 27.0 Å². The Kier molecular flexibility index (Phi) is 7.92. The number of hydrogen-bond donors (Lipinski definition) is 1. The molecular formula is C23H29ClN2O3S. The summed E-state index contributed by atoms with van der Waals surface area (Å²) in [5, 5.41) is 3.75. The van der Waals surface area contributed by atoms with Crippen molar-refractivity contribution in [1.29, 1.82) is 0 Å². The molecule has 5 nitrogen and oxygen atoms in total. The molecule has 0 spiro atoms. The largest absolute Gasteiger partial charge is 0.356 e. The van der Waals surface area contributed by atoms with Crippen molar-refractivity contribution < 1.29 is 13.2 Å². The van der Waals surface area contributed by atoms with Gasteiger partial charge in [0.15, 0.2) is 0 Å². The molecule has 0 saturated carbocycles. The lowest BCUT2D eigenvalue weighted by Crippen LogP contribution is -2.43. The van der Waals surface area contributed by atoms with Gasteiger partial charge in [0.2, 0.25) is 15.9 Å². The first kappa shape index (κ1) is 22.8. The van der Waals surface area contributed by atoms with Crippen molar-refractivity contribution in [3.8, 4) is 0 Å². The van der Waals surface area contributed by atoms with Crippen LogP contribution in [0.1, 0.15) is 36.0 Å². The maximum Gasteiger partial charge on any atom is 0.223 e. The van der Waals surface area contributed by atoms with E-state index in [9.17, 15) is 13.2 Å². The van der Waals surface area contributed by atoms with Gasteiger partial charge in [0.25, 0.3) is 0 Å². The van der Waals surface area contributed by atoms with Crippen molar-refractivity contribution in [3.05, 3.63) is 70.2 Å². The van der Waals surface area contributed by atoms with Crippen LogP contribution in [0.3, 0.4) is 0 Å². The number of aryl methyl sites for hydroxylation is 2. The maximum absolute atomic E-state index is 12.8. The van der Waals surface area contributed by atoms with Gasteiger partial charge >= 0.3 is 0 Å². The number of benzene rings is 2. The smallest absolute Gasteiger partial charge is 0.223 e. The lowest BCUT2D eigenvalue weighted by molar-refractivity contribution is -0.126. The van der Waals surface area contributed by atoms with Crippen LogP contribution in [0.2, 0.25) is 5.02 Å². The standard InChI is InChI=1S/C23H29ClN2O3S/c1-18-7-2-3-9-21(18)17-30(28,29)26-15-12-20(13-16-26)23(27)25-14-6-10-19-8-4-5-11-22(19)24/h2-5,7-9,11,20H,6,10,12-17H2,1H3,(H,25,27). The van der Waals surface area contributed by atoms with E-state index in [0.717, 1.165) is 34.6 Å². The number of carbonyl (C=O) groups excluding carboxylic acids is 1. The number of hydrogen-bond acceptors (Lipinski definition) is 3. The van der Waals surface area contributed by atoms with Gasteiger partial charge in [-0.3, -0.25) is 4.79 Å². The number of nitrogens with zero attached hydrogens (tertiary/aromatic N) is 1. The van der Waals surface area contributed by atoms with Gasteiger partial charge in [-0.2, -0.15) is 0 Å². The van der Waals surface area contributed by atoms with Crippen molar-refractivity contribution in [1.82, 2.24) is 9.62 Å². The van der Waals surface area contributed by atoms with E-state index in [4.69, 9.17) is 11.6 Å². The Labute approximate surface area is 184 Å². The van der Waals surface area contributed by atoms with Crippen LogP contribution in [0.5, 0.6) is 0 Å². The van der Waals surface area contributed by atoms with E-state index in [-0.39, 0.29) is 17.6 Å². The molecule has 1 N–H and O–H groups in total. The molecule has 0 aromatic heterocycles. The summed E-state index contributed by atoms with van der Waals surface area (Å²) < 4.78 is 27.1. The first-order valence-electron chi connectivity index (χ1n) is 10.4. The quantitative estimate of drug-likeness (QED) is 0.622. The second-order valence-electron chi connectivity index (χ2n) is 7.84. The number of halogens is 1. The third kappa shape index (κ3) is 6.06. The molecule has 0 bridgehead atoms. The van der Waals surface area contributed by atoms with Crippen LogP contribution in [-0.4, -0.2) is 38.3 Å². The minimum Gasteiger partial charge on any atom is -0.356 e. The van der Waals surface area contributed by atoms with Gasteiger partial charge in [-0.15, -0.1) is 0 Å². The summed E-state index contributed by atoms with van der Waals surface area (Å²) in [7, 11) is -3.37. The first-order valence-corrected chi connectivity index (χ1v) is 12.4. The normalized spacial score (nSPS) is 15.8. The lowest BCUT2D eigenvalue weighted by atomic mass is 9.97. The fraction of sp³-hybridized carbons (Fsp3) is 0.435. The van der Waals surface area contributed by atoms with Gasteiger partial charge in [-0.1, -0.05) is 54.1 Å². The molecule has 1 amide bonds. The van der Waals surface area contributed by atoms with Crippen LogP contribution in [0, 0.1) is 12.8 Å². The molecule has 30 heavy (non-hydrogen) atoms. The topological polar surface area (TPSA) is 66.5 Å². The third-order valence-electron chi connectivity index (χ3n) is 5.70. The van der Waals surface area contributed by atoms with Crippen molar-refractivity contribution in [2.45, 2.75) is 38.4 Å². The Morgan fingerprint density at radius 3 is 2.37 bits per heavy atom. The number of sulfonamides is 1. The average Bonchev–Trinajstić information content (AvgIpc) is 2.74. The zero-order valence-corrected chi connectivity index (χ0v) is 18.9. The molecule has 0 radical (unpaired) electrons. The molecule has 0 unspecified atom stereocenters. The van der Waals surface area contributed by atoms with E-state index < -0.39 is 10.0 Å². The van der Waals surface area contributed by atoms with Gasteiger partial charge in [0.05, 0.1) is 5.75 Å². The van der Waals surface area contributed by atoms with Crippen LogP contribution in [0.4, 0.5) is 0 Å². The van der Waals surface area contributed by atoms with Gasteiger partial charge in [0.1, 0.15) is 0 Å². The number of nitrogens with one attached hydrogen (secondary N) is 1. The highest BCUT2D eigenvalue weighted by Gasteiger charge is 2.31. The zero-order valence-electron chi connectivity index (χ0n) is 17.3. The molecule has 162 valence electrons. The van der Waals surface area contributed by atoms with E-state index in [1.54, 1.807) is 0 Å². The Hall–Kier alpha value is -1.89. The van der Waals surface area contributed by atoms with Crippen molar-refractivity contribution in [3.63, 3.8) is 0 Å². The van der Waals surface area contributed by atoms with Crippen LogP contribution < -0.4 is 5.32 Å². The number of amides is 1. The van der Waals surface area contributed by atoms with E-state index in [0.29, 0.717) is 32.5 Å². The highest BCUT2D eigenvalue weighted by Crippen LogP contribution is 2.23. The van der Waals surface area contributed by atoms with E-state index >= 15 is 0 Å². The van der Waals surface area contributed by atoms with E-state index in [2.05, 4.69) is 5.32 Å². The van der Waals surface area contributed by atoms with Crippen LogP contribution in [0.25, 0.3) is 0 Å². The highest BCUT2D eigenvalue weighted by atomic mass is 35.5. The number of rotatable bonds is 8. The Bertz CT molecular complexity index is 970. The summed E-state index contributed by atoms with van der Waals surface area (Å²) >= 11 is 6.16.